The third-order valence-corrected chi connectivity index (χ3v) is 2.41. The molecule has 2 rings (SSSR count). The fourth-order valence-corrected chi connectivity index (χ4v) is 1.56. The summed E-state index contributed by atoms with van der Waals surface area (Å²) in [6.07, 6.45) is 0. The second-order valence-corrected chi connectivity index (χ2v) is 3.47. The van der Waals surface area contributed by atoms with Crippen molar-refractivity contribution in [2.75, 3.05) is 14.2 Å². The van der Waals surface area contributed by atoms with Gasteiger partial charge < -0.3 is 13.9 Å². The van der Waals surface area contributed by atoms with E-state index in [9.17, 15) is 4.79 Å². The summed E-state index contributed by atoms with van der Waals surface area (Å²) in [5, 5.41) is 0.0459. The van der Waals surface area contributed by atoms with E-state index in [1.54, 1.807) is 18.2 Å². The normalized spacial score (nSPS) is 10.4. The molecule has 1 aromatic heterocycles. The lowest BCUT2D eigenvalue weighted by Crippen LogP contribution is -1.86. The molecule has 16 heavy (non-hydrogen) atoms. The largest absolute Gasteiger partial charge is 0.496 e. The van der Waals surface area contributed by atoms with Gasteiger partial charge in [-0.1, -0.05) is 0 Å². The minimum absolute atomic E-state index is 0.0863. The highest BCUT2D eigenvalue weighted by atomic mass is 35.5. The first-order chi connectivity index (χ1) is 7.65. The van der Waals surface area contributed by atoms with Crippen LogP contribution in [0.4, 0.5) is 0 Å². The van der Waals surface area contributed by atoms with E-state index in [-0.39, 0.29) is 5.76 Å². The van der Waals surface area contributed by atoms with Gasteiger partial charge in [-0.15, -0.1) is 0 Å². The van der Waals surface area contributed by atoms with Crippen LogP contribution in [0.1, 0.15) is 10.6 Å². The van der Waals surface area contributed by atoms with Crippen molar-refractivity contribution in [2.45, 2.75) is 0 Å². The minimum atomic E-state index is -0.641. The number of fused-ring (bicyclic) bond motifs is 1. The van der Waals surface area contributed by atoms with Crippen LogP contribution in [-0.4, -0.2) is 19.5 Å². The summed E-state index contributed by atoms with van der Waals surface area (Å²) in [7, 11) is 3.07. The van der Waals surface area contributed by atoms with Crippen molar-refractivity contribution in [3.63, 3.8) is 0 Å². The number of ether oxygens (including phenoxy) is 2. The van der Waals surface area contributed by atoms with Gasteiger partial charge in [-0.2, -0.15) is 0 Å². The molecule has 0 aliphatic rings. The van der Waals surface area contributed by atoms with Gasteiger partial charge in [-0.3, -0.25) is 4.79 Å². The number of hydrogen-bond acceptors (Lipinski definition) is 4. The molecule has 0 aliphatic heterocycles. The molecule has 2 aromatic rings. The Morgan fingerprint density at radius 1 is 1.25 bits per heavy atom. The van der Waals surface area contributed by atoms with Gasteiger partial charge in [0.25, 0.3) is 5.24 Å². The Hall–Kier alpha value is -1.68. The molecule has 84 valence electrons. The molecule has 0 radical (unpaired) electrons. The fraction of sp³-hybridized carbons (Fsp3) is 0.182. The molecule has 1 heterocycles. The average Bonchev–Trinajstić information content (AvgIpc) is 2.71. The van der Waals surface area contributed by atoms with E-state index >= 15 is 0 Å². The van der Waals surface area contributed by atoms with Crippen molar-refractivity contribution in [1.82, 2.24) is 0 Å². The predicted molar refractivity (Wildman–Crippen MR) is 59.5 cm³/mol. The third kappa shape index (κ3) is 1.72. The Morgan fingerprint density at radius 3 is 2.56 bits per heavy atom. The smallest absolute Gasteiger partial charge is 0.287 e. The van der Waals surface area contributed by atoms with E-state index in [4.69, 9.17) is 25.5 Å². The van der Waals surface area contributed by atoms with Gasteiger partial charge in [0.05, 0.1) is 19.6 Å². The van der Waals surface area contributed by atoms with Crippen molar-refractivity contribution in [3.8, 4) is 11.5 Å². The first-order valence-electron chi connectivity index (χ1n) is 4.51. The topological polar surface area (TPSA) is 48.7 Å². The van der Waals surface area contributed by atoms with Gasteiger partial charge in [-0.25, -0.2) is 0 Å². The molecule has 0 bridgehead atoms. The highest BCUT2D eigenvalue weighted by Gasteiger charge is 2.14. The van der Waals surface area contributed by atoms with Gasteiger partial charge in [0.2, 0.25) is 0 Å². The van der Waals surface area contributed by atoms with Crippen LogP contribution >= 0.6 is 11.6 Å². The molecule has 0 saturated carbocycles. The van der Waals surface area contributed by atoms with Crippen molar-refractivity contribution in [3.05, 3.63) is 24.0 Å². The molecular weight excluding hydrogens is 232 g/mol. The molecular formula is C11H9ClO4. The number of carbonyl (C=O) groups excluding carboxylic acids is 1. The summed E-state index contributed by atoms with van der Waals surface area (Å²) in [5.41, 5.74) is 0.500. The number of rotatable bonds is 3. The van der Waals surface area contributed by atoms with Gasteiger partial charge >= 0.3 is 0 Å². The van der Waals surface area contributed by atoms with Crippen molar-refractivity contribution >= 4 is 27.8 Å². The fourth-order valence-electron chi connectivity index (χ4n) is 1.47. The highest BCUT2D eigenvalue weighted by Crippen LogP contribution is 2.33. The zero-order chi connectivity index (χ0) is 11.7. The van der Waals surface area contributed by atoms with Gasteiger partial charge in [0.15, 0.2) is 5.76 Å². The molecule has 1 aromatic carbocycles. The quantitative estimate of drug-likeness (QED) is 0.774. The van der Waals surface area contributed by atoms with Crippen molar-refractivity contribution in [1.29, 1.82) is 0 Å². The van der Waals surface area contributed by atoms with Gasteiger partial charge in [0, 0.05) is 18.2 Å². The highest BCUT2D eigenvalue weighted by molar-refractivity contribution is 6.67. The second-order valence-electron chi connectivity index (χ2n) is 3.13. The van der Waals surface area contributed by atoms with Crippen LogP contribution < -0.4 is 9.47 Å². The van der Waals surface area contributed by atoms with E-state index in [1.165, 1.54) is 14.2 Å². The number of halogens is 1. The summed E-state index contributed by atoms with van der Waals surface area (Å²) in [5.74, 6) is 1.25. The summed E-state index contributed by atoms with van der Waals surface area (Å²) in [6, 6.07) is 4.92. The van der Waals surface area contributed by atoms with Crippen LogP contribution in [0.25, 0.3) is 11.0 Å². The van der Waals surface area contributed by atoms with Crippen LogP contribution in [0.5, 0.6) is 11.5 Å². The Bertz CT molecular complexity index is 544. The van der Waals surface area contributed by atoms with Crippen LogP contribution in [0.3, 0.4) is 0 Å². The van der Waals surface area contributed by atoms with Crippen LogP contribution in [0.15, 0.2) is 22.6 Å². The van der Waals surface area contributed by atoms with Crippen LogP contribution in [0.2, 0.25) is 0 Å². The van der Waals surface area contributed by atoms with E-state index < -0.39 is 5.24 Å². The molecule has 0 fully saturated rings. The van der Waals surface area contributed by atoms with Gasteiger partial charge in [-0.05, 0) is 11.6 Å². The van der Waals surface area contributed by atoms with E-state index in [2.05, 4.69) is 0 Å². The third-order valence-electron chi connectivity index (χ3n) is 2.22. The summed E-state index contributed by atoms with van der Waals surface area (Å²) in [6.45, 7) is 0. The molecule has 5 heteroatoms. The Labute approximate surface area is 96.7 Å². The number of carbonyl (C=O) groups is 1. The lowest BCUT2D eigenvalue weighted by Gasteiger charge is -2.04. The maximum Gasteiger partial charge on any atom is 0.287 e. The maximum atomic E-state index is 11.0. The SMILES string of the molecule is COc1cc(OC)c2cc(C(=O)Cl)oc2c1. The maximum absolute atomic E-state index is 11.0. The van der Waals surface area contributed by atoms with E-state index in [0.29, 0.717) is 22.5 Å². The monoisotopic (exact) mass is 240 g/mol. The molecule has 0 amide bonds. The summed E-state index contributed by atoms with van der Waals surface area (Å²) >= 11 is 5.34. The van der Waals surface area contributed by atoms with Crippen LogP contribution in [-0.2, 0) is 0 Å². The Kier molecular flexibility index (Phi) is 2.75. The number of furan rings is 1. The molecule has 0 spiro atoms. The average molecular weight is 241 g/mol. The summed E-state index contributed by atoms with van der Waals surface area (Å²) < 4.78 is 15.5. The number of methoxy groups -OCH3 is 2. The molecule has 0 atom stereocenters. The second kappa shape index (κ2) is 4.06. The van der Waals surface area contributed by atoms with Crippen LogP contribution in [0, 0.1) is 0 Å². The van der Waals surface area contributed by atoms with Gasteiger partial charge in [0.1, 0.15) is 17.1 Å². The molecule has 0 unspecified atom stereocenters. The first kappa shape index (κ1) is 10.8. The van der Waals surface area contributed by atoms with Crippen molar-refractivity contribution < 1.29 is 18.7 Å². The zero-order valence-electron chi connectivity index (χ0n) is 8.74. The predicted octanol–water partition coefficient (Wildman–Crippen LogP) is 2.83. The molecule has 0 N–H and O–H groups in total. The Morgan fingerprint density at radius 2 is 2.00 bits per heavy atom. The van der Waals surface area contributed by atoms with Crippen molar-refractivity contribution in [2.24, 2.45) is 0 Å². The standard InChI is InChI=1S/C11H9ClO4/c1-14-6-3-8(15-2)7-5-10(11(12)13)16-9(7)4-6/h3-5H,1-2H3. The molecule has 4 nitrogen and oxygen atoms in total. The number of benzene rings is 1. The summed E-state index contributed by atoms with van der Waals surface area (Å²) in [4.78, 5) is 11.0. The molecule has 0 aliphatic carbocycles. The lowest BCUT2D eigenvalue weighted by atomic mass is 10.2. The molecule has 0 saturated heterocycles. The number of hydrogen-bond donors (Lipinski definition) is 0. The first-order valence-corrected chi connectivity index (χ1v) is 4.89. The zero-order valence-corrected chi connectivity index (χ0v) is 9.50. The lowest BCUT2D eigenvalue weighted by molar-refractivity contribution is 0.105. The van der Waals surface area contributed by atoms with E-state index in [1.807, 2.05) is 0 Å². The minimum Gasteiger partial charge on any atom is -0.496 e. The Balaban J connectivity index is 2.69. The van der Waals surface area contributed by atoms with E-state index in [0.717, 1.165) is 0 Å².